The molecular weight excluding hydrogens is 250 g/mol. The van der Waals surface area contributed by atoms with Crippen molar-refractivity contribution in [3.8, 4) is 0 Å². The maximum atomic E-state index is 12.1. The van der Waals surface area contributed by atoms with E-state index in [0.29, 0.717) is 17.1 Å². The predicted octanol–water partition coefficient (Wildman–Crippen LogP) is 0.711. The van der Waals surface area contributed by atoms with E-state index in [-0.39, 0.29) is 11.3 Å². The van der Waals surface area contributed by atoms with E-state index in [4.69, 9.17) is 5.11 Å². The quantitative estimate of drug-likeness (QED) is 0.754. The molecule has 0 spiro atoms. The summed E-state index contributed by atoms with van der Waals surface area (Å²) in [7, 11) is 1.51. The van der Waals surface area contributed by atoms with Gasteiger partial charge in [0.25, 0.3) is 5.91 Å². The van der Waals surface area contributed by atoms with Gasteiger partial charge in [-0.05, 0) is 13.8 Å². The van der Waals surface area contributed by atoms with Crippen molar-refractivity contribution < 1.29 is 14.7 Å². The summed E-state index contributed by atoms with van der Waals surface area (Å²) in [5, 5.41) is 22.1. The third kappa shape index (κ3) is 2.19. The van der Waals surface area contributed by atoms with Crippen molar-refractivity contribution in [3.05, 3.63) is 28.8 Å². The molecule has 0 atom stereocenters. The van der Waals surface area contributed by atoms with Gasteiger partial charge in [0.05, 0.1) is 23.3 Å². The molecule has 19 heavy (non-hydrogen) atoms. The largest absolute Gasteiger partial charge is 0.478 e. The van der Waals surface area contributed by atoms with Gasteiger partial charge in [-0.25, -0.2) is 4.79 Å². The van der Waals surface area contributed by atoms with Crippen LogP contribution in [-0.4, -0.2) is 37.0 Å². The van der Waals surface area contributed by atoms with Crippen molar-refractivity contribution in [3.63, 3.8) is 0 Å². The SMILES string of the molecule is Cc1n[nH]c(C)c1NC(=O)c1c(C(=O)O)cnn1C. The molecule has 0 saturated carbocycles. The molecule has 2 rings (SSSR count). The minimum absolute atomic E-state index is 0.00694. The van der Waals surface area contributed by atoms with E-state index in [1.54, 1.807) is 13.8 Å². The van der Waals surface area contributed by atoms with Gasteiger partial charge in [0.2, 0.25) is 0 Å². The van der Waals surface area contributed by atoms with Crippen molar-refractivity contribution in [2.24, 2.45) is 7.05 Å². The third-order valence-corrected chi connectivity index (χ3v) is 2.75. The van der Waals surface area contributed by atoms with Gasteiger partial charge < -0.3 is 10.4 Å². The number of aromatic carboxylic acids is 1. The first-order valence-corrected chi connectivity index (χ1v) is 5.50. The second-order valence-electron chi connectivity index (χ2n) is 4.10. The van der Waals surface area contributed by atoms with E-state index >= 15 is 0 Å². The van der Waals surface area contributed by atoms with Gasteiger partial charge in [-0.2, -0.15) is 10.2 Å². The number of anilines is 1. The molecule has 0 aromatic carbocycles. The number of hydrogen-bond acceptors (Lipinski definition) is 4. The van der Waals surface area contributed by atoms with Crippen LogP contribution in [0.15, 0.2) is 6.20 Å². The number of carboxylic acids is 1. The van der Waals surface area contributed by atoms with Crippen LogP contribution in [0, 0.1) is 13.8 Å². The number of aryl methyl sites for hydroxylation is 3. The number of H-pyrrole nitrogens is 1. The fraction of sp³-hybridized carbons (Fsp3) is 0.273. The number of nitrogens with one attached hydrogen (secondary N) is 2. The van der Waals surface area contributed by atoms with Crippen LogP contribution in [0.5, 0.6) is 0 Å². The minimum atomic E-state index is -1.20. The predicted molar refractivity (Wildman–Crippen MR) is 66.2 cm³/mol. The van der Waals surface area contributed by atoms with Crippen LogP contribution in [0.25, 0.3) is 0 Å². The molecule has 0 radical (unpaired) electrons. The maximum Gasteiger partial charge on any atom is 0.339 e. The van der Waals surface area contributed by atoms with Crippen LogP contribution in [0.4, 0.5) is 5.69 Å². The van der Waals surface area contributed by atoms with Gasteiger partial charge in [0.15, 0.2) is 0 Å². The van der Waals surface area contributed by atoms with E-state index in [1.165, 1.54) is 11.7 Å². The molecule has 0 saturated heterocycles. The Morgan fingerprint density at radius 1 is 1.42 bits per heavy atom. The zero-order valence-electron chi connectivity index (χ0n) is 10.7. The summed E-state index contributed by atoms with van der Waals surface area (Å²) in [6.07, 6.45) is 1.15. The van der Waals surface area contributed by atoms with Crippen molar-refractivity contribution in [1.82, 2.24) is 20.0 Å². The molecule has 0 bridgehead atoms. The molecule has 0 fully saturated rings. The Balaban J connectivity index is 2.36. The lowest BCUT2D eigenvalue weighted by molar-refractivity contribution is 0.0692. The van der Waals surface area contributed by atoms with Crippen LogP contribution in [0.3, 0.4) is 0 Å². The molecule has 2 aromatic rings. The van der Waals surface area contributed by atoms with Gasteiger partial charge in [-0.3, -0.25) is 14.6 Å². The van der Waals surface area contributed by atoms with Gasteiger partial charge in [0.1, 0.15) is 11.3 Å². The van der Waals surface area contributed by atoms with Crippen LogP contribution < -0.4 is 5.32 Å². The van der Waals surface area contributed by atoms with E-state index in [1.807, 2.05) is 0 Å². The average Bonchev–Trinajstić information content (AvgIpc) is 2.86. The van der Waals surface area contributed by atoms with Crippen molar-refractivity contribution in [1.29, 1.82) is 0 Å². The first-order chi connectivity index (χ1) is 8.91. The minimum Gasteiger partial charge on any atom is -0.478 e. The van der Waals surface area contributed by atoms with Crippen LogP contribution in [0.1, 0.15) is 32.2 Å². The highest BCUT2D eigenvalue weighted by Crippen LogP contribution is 2.18. The smallest absolute Gasteiger partial charge is 0.339 e. The standard InChI is InChI=1S/C11H13N5O3/c1-5-8(6(2)15-14-5)13-10(17)9-7(11(18)19)4-12-16(9)3/h4H,1-3H3,(H,13,17)(H,14,15)(H,18,19). The number of carboxylic acid groups (broad SMARTS) is 1. The molecule has 2 aromatic heterocycles. The first kappa shape index (κ1) is 12.8. The molecule has 100 valence electrons. The Bertz CT molecular complexity index is 636. The van der Waals surface area contributed by atoms with Gasteiger partial charge in [0, 0.05) is 7.05 Å². The van der Waals surface area contributed by atoms with E-state index in [9.17, 15) is 9.59 Å². The second-order valence-corrected chi connectivity index (χ2v) is 4.10. The van der Waals surface area contributed by atoms with Crippen LogP contribution in [-0.2, 0) is 7.05 Å². The number of aromatic nitrogens is 4. The monoisotopic (exact) mass is 263 g/mol. The Labute approximate surface area is 108 Å². The Kier molecular flexibility index (Phi) is 3.07. The highest BCUT2D eigenvalue weighted by Gasteiger charge is 2.22. The second kappa shape index (κ2) is 4.56. The number of rotatable bonds is 3. The Morgan fingerprint density at radius 3 is 2.63 bits per heavy atom. The molecule has 8 heteroatoms. The number of hydrogen-bond donors (Lipinski definition) is 3. The van der Waals surface area contributed by atoms with Gasteiger partial charge >= 0.3 is 5.97 Å². The summed E-state index contributed by atoms with van der Waals surface area (Å²) >= 11 is 0. The molecule has 1 amide bonds. The lowest BCUT2D eigenvalue weighted by Gasteiger charge is -2.06. The highest BCUT2D eigenvalue weighted by molar-refractivity contribution is 6.09. The summed E-state index contributed by atoms with van der Waals surface area (Å²) < 4.78 is 1.23. The summed E-state index contributed by atoms with van der Waals surface area (Å²) in [6.45, 7) is 3.50. The number of aromatic amines is 1. The zero-order valence-corrected chi connectivity index (χ0v) is 10.7. The Morgan fingerprint density at radius 2 is 2.11 bits per heavy atom. The van der Waals surface area contributed by atoms with Crippen molar-refractivity contribution in [2.75, 3.05) is 5.32 Å². The van der Waals surface area contributed by atoms with E-state index in [2.05, 4.69) is 20.6 Å². The van der Waals surface area contributed by atoms with Crippen LogP contribution in [0.2, 0.25) is 0 Å². The molecule has 3 N–H and O–H groups in total. The van der Waals surface area contributed by atoms with Crippen molar-refractivity contribution >= 4 is 17.6 Å². The fourth-order valence-electron chi connectivity index (χ4n) is 1.77. The maximum absolute atomic E-state index is 12.1. The van der Waals surface area contributed by atoms with Crippen molar-refractivity contribution in [2.45, 2.75) is 13.8 Å². The number of carbonyl (C=O) groups is 2. The molecule has 0 aliphatic carbocycles. The topological polar surface area (TPSA) is 113 Å². The summed E-state index contributed by atoms with van der Waals surface area (Å²) in [4.78, 5) is 23.2. The normalized spacial score (nSPS) is 10.5. The molecule has 0 aliphatic rings. The highest BCUT2D eigenvalue weighted by atomic mass is 16.4. The lowest BCUT2D eigenvalue weighted by Crippen LogP contribution is -2.20. The average molecular weight is 263 g/mol. The van der Waals surface area contributed by atoms with E-state index < -0.39 is 11.9 Å². The number of nitrogens with zero attached hydrogens (tertiary/aromatic N) is 3. The van der Waals surface area contributed by atoms with Crippen LogP contribution >= 0.6 is 0 Å². The number of carbonyl (C=O) groups excluding carboxylic acids is 1. The van der Waals surface area contributed by atoms with Gasteiger partial charge in [-0.1, -0.05) is 0 Å². The summed E-state index contributed by atoms with van der Waals surface area (Å²) in [6, 6.07) is 0. The molecule has 2 heterocycles. The van der Waals surface area contributed by atoms with Gasteiger partial charge in [-0.15, -0.1) is 0 Å². The molecule has 0 aliphatic heterocycles. The molecule has 8 nitrogen and oxygen atoms in total. The van der Waals surface area contributed by atoms with E-state index in [0.717, 1.165) is 6.20 Å². The molecular formula is C11H13N5O3. The molecule has 0 unspecified atom stereocenters. The summed E-state index contributed by atoms with van der Waals surface area (Å²) in [5.41, 5.74) is 1.73. The lowest BCUT2D eigenvalue weighted by atomic mass is 10.2. The summed E-state index contributed by atoms with van der Waals surface area (Å²) in [5.74, 6) is -1.73. The fourth-order valence-corrected chi connectivity index (χ4v) is 1.77. The Hall–Kier alpha value is -2.64. The zero-order chi connectivity index (χ0) is 14.2. The third-order valence-electron chi connectivity index (χ3n) is 2.75. The first-order valence-electron chi connectivity index (χ1n) is 5.50. The number of amides is 1.